The normalized spacial score (nSPS) is 11.1. The topological polar surface area (TPSA) is 64.8 Å². The zero-order valence-corrected chi connectivity index (χ0v) is 22.7. The van der Waals surface area contributed by atoms with Gasteiger partial charge in [0.2, 0.25) is 5.91 Å². The highest BCUT2D eigenvalue weighted by Gasteiger charge is 2.19. The largest absolute Gasteiger partial charge is 0.494 e. The van der Waals surface area contributed by atoms with Crippen LogP contribution in [-0.4, -0.2) is 37.1 Å². The summed E-state index contributed by atoms with van der Waals surface area (Å²) in [6.07, 6.45) is 1.08. The van der Waals surface area contributed by atoms with E-state index in [0.29, 0.717) is 13.2 Å². The molecule has 0 radical (unpaired) electrons. The van der Waals surface area contributed by atoms with Gasteiger partial charge >= 0.3 is 0 Å². The lowest BCUT2D eigenvalue weighted by Gasteiger charge is -2.29. The first-order chi connectivity index (χ1) is 19.1. The molecule has 5 nitrogen and oxygen atoms in total. The summed E-state index contributed by atoms with van der Waals surface area (Å²) in [5.74, 6) is 1.56. The molecule has 0 bridgehead atoms. The molecule has 0 aliphatic carbocycles. The molecule has 0 aromatic heterocycles. The molecule has 0 fully saturated rings. The number of hydrogen-bond donors (Lipinski definition) is 1. The lowest BCUT2D eigenvalue weighted by atomic mass is 9.90. The maximum absolute atomic E-state index is 11.3. The highest BCUT2D eigenvalue weighted by molar-refractivity contribution is 5.76. The fraction of sp³-hybridized carbons (Fsp3) is 0.265. The van der Waals surface area contributed by atoms with E-state index in [4.69, 9.17) is 15.2 Å². The maximum atomic E-state index is 11.3. The standard InChI is InChI=1S/C34H38N2O3/c1-2-38-31-18-10-13-28(23-31)25-36(20-11-21-39-32-19-9-12-27(22-32)24-34(35)37)26-33(29-14-5-3-6-15-29)30-16-7-4-8-17-30/h3-10,12-19,22-23,33H,2,11,20-21,24-26H2,1H3,(H2,35,37). The van der Waals surface area contributed by atoms with Gasteiger partial charge in [0.25, 0.3) is 0 Å². The zero-order chi connectivity index (χ0) is 27.3. The average Bonchev–Trinajstić information content (AvgIpc) is 2.95. The minimum atomic E-state index is -0.345. The Morgan fingerprint density at radius 1 is 0.769 bits per heavy atom. The number of nitrogens with zero attached hydrogens (tertiary/aromatic N) is 1. The Kier molecular flexibility index (Phi) is 10.6. The number of primary amides is 1. The Bertz CT molecular complexity index is 1250. The zero-order valence-electron chi connectivity index (χ0n) is 22.7. The van der Waals surface area contributed by atoms with Gasteiger partial charge in [-0.2, -0.15) is 0 Å². The molecule has 4 aromatic rings. The van der Waals surface area contributed by atoms with Gasteiger partial charge in [0.15, 0.2) is 0 Å². The van der Waals surface area contributed by atoms with E-state index in [1.165, 1.54) is 16.7 Å². The Morgan fingerprint density at radius 2 is 1.36 bits per heavy atom. The van der Waals surface area contributed by atoms with Crippen LogP contribution in [0.4, 0.5) is 0 Å². The van der Waals surface area contributed by atoms with Crippen molar-refractivity contribution in [1.82, 2.24) is 4.90 Å². The van der Waals surface area contributed by atoms with Crippen LogP contribution in [0.3, 0.4) is 0 Å². The van der Waals surface area contributed by atoms with Gasteiger partial charge < -0.3 is 15.2 Å². The molecule has 0 aliphatic rings. The van der Waals surface area contributed by atoms with E-state index < -0.39 is 0 Å². The van der Waals surface area contributed by atoms with Crippen molar-refractivity contribution in [1.29, 1.82) is 0 Å². The van der Waals surface area contributed by atoms with E-state index >= 15 is 0 Å². The number of benzene rings is 4. The summed E-state index contributed by atoms with van der Waals surface area (Å²) in [6, 6.07) is 37.4. The first-order valence-electron chi connectivity index (χ1n) is 13.6. The highest BCUT2D eigenvalue weighted by Crippen LogP contribution is 2.27. The molecule has 0 saturated heterocycles. The smallest absolute Gasteiger partial charge is 0.221 e. The van der Waals surface area contributed by atoms with Crippen LogP contribution >= 0.6 is 0 Å². The number of ether oxygens (including phenoxy) is 2. The van der Waals surface area contributed by atoms with Gasteiger partial charge in [0.05, 0.1) is 19.6 Å². The highest BCUT2D eigenvalue weighted by atomic mass is 16.5. The fourth-order valence-electron chi connectivity index (χ4n) is 4.85. The van der Waals surface area contributed by atoms with Gasteiger partial charge in [-0.1, -0.05) is 84.9 Å². The van der Waals surface area contributed by atoms with Crippen LogP contribution in [0.25, 0.3) is 0 Å². The van der Waals surface area contributed by atoms with E-state index in [0.717, 1.165) is 43.1 Å². The molecule has 2 N–H and O–H groups in total. The molecule has 202 valence electrons. The molecular weight excluding hydrogens is 484 g/mol. The van der Waals surface area contributed by atoms with Crippen molar-refractivity contribution in [2.75, 3.05) is 26.3 Å². The van der Waals surface area contributed by atoms with E-state index in [2.05, 4.69) is 83.8 Å². The van der Waals surface area contributed by atoms with E-state index in [9.17, 15) is 4.79 Å². The fourth-order valence-corrected chi connectivity index (χ4v) is 4.85. The van der Waals surface area contributed by atoms with Crippen molar-refractivity contribution >= 4 is 5.91 Å². The second-order valence-electron chi connectivity index (χ2n) is 9.68. The van der Waals surface area contributed by atoms with Gasteiger partial charge in [-0.3, -0.25) is 9.69 Å². The Labute approximate surface area is 232 Å². The third-order valence-electron chi connectivity index (χ3n) is 6.62. The number of carbonyl (C=O) groups is 1. The first kappa shape index (κ1) is 27.9. The number of hydrogen-bond acceptors (Lipinski definition) is 4. The van der Waals surface area contributed by atoms with Gasteiger partial charge in [0.1, 0.15) is 11.5 Å². The number of amides is 1. The van der Waals surface area contributed by atoms with Crippen molar-refractivity contribution < 1.29 is 14.3 Å². The summed E-state index contributed by atoms with van der Waals surface area (Å²) in [5.41, 5.74) is 10.0. The lowest BCUT2D eigenvalue weighted by molar-refractivity contribution is -0.117. The molecule has 4 aromatic carbocycles. The lowest BCUT2D eigenvalue weighted by Crippen LogP contribution is -2.30. The van der Waals surface area contributed by atoms with Crippen LogP contribution in [0, 0.1) is 0 Å². The monoisotopic (exact) mass is 522 g/mol. The molecule has 0 saturated carbocycles. The van der Waals surface area contributed by atoms with Crippen LogP contribution in [0.15, 0.2) is 109 Å². The summed E-state index contributed by atoms with van der Waals surface area (Å²) in [4.78, 5) is 13.8. The summed E-state index contributed by atoms with van der Waals surface area (Å²) in [5, 5.41) is 0. The molecule has 0 spiro atoms. The maximum Gasteiger partial charge on any atom is 0.221 e. The Hall–Kier alpha value is -4.09. The van der Waals surface area contributed by atoms with Crippen molar-refractivity contribution in [2.24, 2.45) is 5.73 Å². The number of carbonyl (C=O) groups excluding carboxylic acids is 1. The van der Waals surface area contributed by atoms with Crippen LogP contribution in [0.2, 0.25) is 0 Å². The minimum absolute atomic E-state index is 0.214. The summed E-state index contributed by atoms with van der Waals surface area (Å²) >= 11 is 0. The third kappa shape index (κ3) is 9.01. The van der Waals surface area contributed by atoms with Crippen molar-refractivity contribution in [3.8, 4) is 11.5 Å². The molecule has 1 amide bonds. The molecule has 0 aliphatic heterocycles. The van der Waals surface area contributed by atoms with Crippen LogP contribution < -0.4 is 15.2 Å². The molecule has 0 atom stereocenters. The van der Waals surface area contributed by atoms with Crippen LogP contribution in [0.5, 0.6) is 11.5 Å². The van der Waals surface area contributed by atoms with E-state index in [1.54, 1.807) is 0 Å². The summed E-state index contributed by atoms with van der Waals surface area (Å²) in [7, 11) is 0. The quantitative estimate of drug-likeness (QED) is 0.188. The SMILES string of the molecule is CCOc1cccc(CN(CCCOc2cccc(CC(N)=O)c2)CC(c2ccccc2)c2ccccc2)c1. The second kappa shape index (κ2) is 14.7. The first-order valence-corrected chi connectivity index (χ1v) is 13.6. The van der Waals surface area contributed by atoms with E-state index in [1.807, 2.05) is 37.3 Å². The molecular formula is C34H38N2O3. The molecule has 0 unspecified atom stereocenters. The van der Waals surface area contributed by atoms with Gasteiger partial charge in [-0.05, 0) is 59.9 Å². The molecule has 4 rings (SSSR count). The molecule has 0 heterocycles. The van der Waals surface area contributed by atoms with Crippen LogP contribution in [0.1, 0.15) is 41.5 Å². The predicted molar refractivity (Wildman–Crippen MR) is 157 cm³/mol. The van der Waals surface area contributed by atoms with Crippen molar-refractivity contribution in [3.05, 3.63) is 131 Å². The second-order valence-corrected chi connectivity index (χ2v) is 9.68. The van der Waals surface area contributed by atoms with E-state index in [-0.39, 0.29) is 18.2 Å². The van der Waals surface area contributed by atoms with Gasteiger partial charge in [-0.15, -0.1) is 0 Å². The Morgan fingerprint density at radius 3 is 1.97 bits per heavy atom. The average molecular weight is 523 g/mol. The van der Waals surface area contributed by atoms with Gasteiger partial charge in [0, 0.05) is 25.6 Å². The molecule has 39 heavy (non-hydrogen) atoms. The minimum Gasteiger partial charge on any atom is -0.494 e. The molecule has 5 heteroatoms. The third-order valence-corrected chi connectivity index (χ3v) is 6.62. The number of rotatable bonds is 15. The predicted octanol–water partition coefficient (Wildman–Crippen LogP) is 6.22. The Balaban J connectivity index is 1.48. The van der Waals surface area contributed by atoms with Gasteiger partial charge in [-0.25, -0.2) is 0 Å². The number of nitrogens with two attached hydrogens (primary N) is 1. The summed E-state index contributed by atoms with van der Waals surface area (Å²) in [6.45, 7) is 5.79. The summed E-state index contributed by atoms with van der Waals surface area (Å²) < 4.78 is 11.8. The van der Waals surface area contributed by atoms with Crippen molar-refractivity contribution in [3.63, 3.8) is 0 Å². The van der Waals surface area contributed by atoms with Crippen molar-refractivity contribution in [2.45, 2.75) is 32.2 Å². The van der Waals surface area contributed by atoms with Crippen LogP contribution in [-0.2, 0) is 17.8 Å².